The van der Waals surface area contributed by atoms with Crippen molar-refractivity contribution < 1.29 is 9.21 Å². The number of hydrogen-bond acceptors (Lipinski definition) is 4. The minimum Gasteiger partial charge on any atom is -0.456 e. The lowest BCUT2D eigenvalue weighted by Gasteiger charge is -2.02. The van der Waals surface area contributed by atoms with E-state index in [-0.39, 0.29) is 16.9 Å². The van der Waals surface area contributed by atoms with E-state index < -0.39 is 0 Å². The SMILES string of the molecule is Cc1ccc(C(=O)c2c(/C=C/C=C/c3ccccc3)oc3cc(C#N)c(C#N)cc23)cc1. The van der Waals surface area contributed by atoms with Crippen LogP contribution in [0.15, 0.2) is 83.3 Å². The number of rotatable bonds is 5. The van der Waals surface area contributed by atoms with E-state index in [9.17, 15) is 15.3 Å². The molecule has 0 saturated carbocycles. The van der Waals surface area contributed by atoms with Gasteiger partial charge in [0.1, 0.15) is 23.5 Å². The molecule has 1 aromatic heterocycles. The molecule has 0 N–H and O–H groups in total. The molecule has 0 aliphatic heterocycles. The first-order chi connectivity index (χ1) is 15.6. The topological polar surface area (TPSA) is 77.8 Å². The summed E-state index contributed by atoms with van der Waals surface area (Å²) in [7, 11) is 0. The second-order valence-corrected chi connectivity index (χ2v) is 7.28. The summed E-state index contributed by atoms with van der Waals surface area (Å²) >= 11 is 0. The maximum absolute atomic E-state index is 13.4. The lowest BCUT2D eigenvalue weighted by molar-refractivity contribution is 0.103. The molecule has 0 fully saturated rings. The normalized spacial score (nSPS) is 11.1. The van der Waals surface area contributed by atoms with Crippen molar-refractivity contribution in [3.05, 3.63) is 118 Å². The Morgan fingerprint density at radius 3 is 2.22 bits per heavy atom. The van der Waals surface area contributed by atoms with Gasteiger partial charge in [0.2, 0.25) is 0 Å². The van der Waals surface area contributed by atoms with Crippen LogP contribution in [0, 0.1) is 29.6 Å². The quantitative estimate of drug-likeness (QED) is 0.278. The van der Waals surface area contributed by atoms with Crippen LogP contribution >= 0.6 is 0 Å². The predicted octanol–water partition coefficient (Wildman–Crippen LogP) is 6.44. The Morgan fingerprint density at radius 1 is 0.875 bits per heavy atom. The van der Waals surface area contributed by atoms with Gasteiger partial charge in [-0.25, -0.2) is 0 Å². The molecule has 152 valence electrons. The highest BCUT2D eigenvalue weighted by Gasteiger charge is 2.22. The summed E-state index contributed by atoms with van der Waals surface area (Å²) in [6, 6.07) is 24.2. The lowest BCUT2D eigenvalue weighted by Crippen LogP contribution is -2.02. The first-order valence-electron chi connectivity index (χ1n) is 10.0. The Morgan fingerprint density at radius 2 is 1.53 bits per heavy atom. The Hall–Kier alpha value is -4.67. The van der Waals surface area contributed by atoms with E-state index in [0.29, 0.717) is 27.9 Å². The van der Waals surface area contributed by atoms with Gasteiger partial charge in [0, 0.05) is 17.0 Å². The first kappa shape index (κ1) is 20.6. The van der Waals surface area contributed by atoms with Crippen molar-refractivity contribution in [3.63, 3.8) is 0 Å². The molecular formula is C28H18N2O2. The number of fused-ring (bicyclic) bond motifs is 1. The lowest BCUT2D eigenvalue weighted by atomic mass is 9.97. The molecule has 0 amide bonds. The molecule has 32 heavy (non-hydrogen) atoms. The van der Waals surface area contributed by atoms with Crippen molar-refractivity contribution in [3.8, 4) is 12.1 Å². The van der Waals surface area contributed by atoms with E-state index in [1.54, 1.807) is 30.4 Å². The Kier molecular flexibility index (Phi) is 5.79. The van der Waals surface area contributed by atoms with E-state index in [1.807, 2.05) is 73.7 Å². The minimum absolute atomic E-state index is 0.205. The summed E-state index contributed by atoms with van der Waals surface area (Å²) in [6.07, 6.45) is 7.33. The van der Waals surface area contributed by atoms with Crippen molar-refractivity contribution in [2.24, 2.45) is 0 Å². The molecule has 3 aromatic carbocycles. The Balaban J connectivity index is 1.82. The summed E-state index contributed by atoms with van der Waals surface area (Å²) in [5.41, 5.74) is 3.80. The van der Waals surface area contributed by atoms with E-state index in [4.69, 9.17) is 4.42 Å². The molecule has 0 aliphatic carbocycles. The Bertz CT molecular complexity index is 1440. The fraction of sp³-hybridized carbons (Fsp3) is 0.0357. The molecule has 0 saturated heterocycles. The third kappa shape index (κ3) is 4.12. The number of furan rings is 1. The van der Waals surface area contributed by atoms with Crippen LogP contribution in [0.2, 0.25) is 0 Å². The number of hydrogen-bond donors (Lipinski definition) is 0. The predicted molar refractivity (Wildman–Crippen MR) is 125 cm³/mol. The third-order valence-electron chi connectivity index (χ3n) is 5.08. The van der Waals surface area contributed by atoms with Gasteiger partial charge in [-0.3, -0.25) is 4.79 Å². The molecule has 0 bridgehead atoms. The van der Waals surface area contributed by atoms with Crippen LogP contribution in [0.4, 0.5) is 0 Å². The molecule has 0 spiro atoms. The number of benzene rings is 3. The van der Waals surface area contributed by atoms with Gasteiger partial charge < -0.3 is 4.42 Å². The van der Waals surface area contributed by atoms with Crippen LogP contribution in [-0.2, 0) is 0 Å². The molecule has 4 heteroatoms. The zero-order chi connectivity index (χ0) is 22.5. The second-order valence-electron chi connectivity index (χ2n) is 7.28. The highest BCUT2D eigenvalue weighted by Crippen LogP contribution is 2.31. The summed E-state index contributed by atoms with van der Waals surface area (Å²) in [5.74, 6) is 0.173. The number of ketones is 1. The van der Waals surface area contributed by atoms with Crippen molar-refractivity contribution in [2.45, 2.75) is 6.92 Å². The van der Waals surface area contributed by atoms with Crippen molar-refractivity contribution in [1.29, 1.82) is 10.5 Å². The minimum atomic E-state index is -0.205. The van der Waals surface area contributed by atoms with Crippen LogP contribution in [0.1, 0.15) is 43.9 Å². The molecule has 4 rings (SSSR count). The van der Waals surface area contributed by atoms with Crippen LogP contribution < -0.4 is 0 Å². The summed E-state index contributed by atoms with van der Waals surface area (Å²) in [4.78, 5) is 13.4. The number of allylic oxidation sites excluding steroid dienone is 2. The van der Waals surface area contributed by atoms with Crippen molar-refractivity contribution in [2.75, 3.05) is 0 Å². The standard InChI is InChI=1S/C28H18N2O2/c1-19-11-13-21(14-12-19)28(31)27-24-15-22(17-29)23(18-30)16-26(24)32-25(27)10-6-5-9-20-7-3-2-4-8-20/h2-16H,1H3/b9-5+,10-6+. The largest absolute Gasteiger partial charge is 0.456 e. The van der Waals surface area contributed by atoms with Crippen molar-refractivity contribution in [1.82, 2.24) is 0 Å². The average Bonchev–Trinajstić information content (AvgIpc) is 3.18. The van der Waals surface area contributed by atoms with Crippen LogP contribution in [0.3, 0.4) is 0 Å². The van der Waals surface area contributed by atoms with Gasteiger partial charge in [-0.2, -0.15) is 10.5 Å². The number of aryl methyl sites for hydroxylation is 1. The smallest absolute Gasteiger partial charge is 0.197 e. The van der Waals surface area contributed by atoms with Gasteiger partial charge in [-0.05, 0) is 24.6 Å². The molecule has 0 aliphatic rings. The molecule has 0 atom stereocenters. The maximum atomic E-state index is 13.4. The van der Waals surface area contributed by atoms with Gasteiger partial charge in [0.15, 0.2) is 5.78 Å². The van der Waals surface area contributed by atoms with Crippen LogP contribution in [-0.4, -0.2) is 5.78 Å². The third-order valence-corrected chi connectivity index (χ3v) is 5.08. The fourth-order valence-electron chi connectivity index (χ4n) is 3.42. The number of carbonyl (C=O) groups is 1. The molecule has 0 unspecified atom stereocenters. The summed E-state index contributed by atoms with van der Waals surface area (Å²) in [5, 5.41) is 19.3. The zero-order valence-electron chi connectivity index (χ0n) is 17.4. The van der Waals surface area contributed by atoms with Crippen LogP contribution in [0.25, 0.3) is 23.1 Å². The average molecular weight is 414 g/mol. The van der Waals surface area contributed by atoms with E-state index >= 15 is 0 Å². The molecule has 0 radical (unpaired) electrons. The summed E-state index contributed by atoms with van der Waals surface area (Å²) < 4.78 is 5.96. The fourth-order valence-corrected chi connectivity index (χ4v) is 3.42. The monoisotopic (exact) mass is 414 g/mol. The first-order valence-corrected chi connectivity index (χ1v) is 10.0. The van der Waals surface area contributed by atoms with E-state index in [2.05, 4.69) is 0 Å². The van der Waals surface area contributed by atoms with Crippen molar-refractivity contribution >= 4 is 28.9 Å². The van der Waals surface area contributed by atoms with Crippen LogP contribution in [0.5, 0.6) is 0 Å². The molecule has 4 aromatic rings. The van der Waals surface area contributed by atoms with Gasteiger partial charge in [0.05, 0.1) is 16.7 Å². The van der Waals surface area contributed by atoms with E-state index in [0.717, 1.165) is 11.1 Å². The number of carbonyl (C=O) groups excluding carboxylic acids is 1. The highest BCUT2D eigenvalue weighted by molar-refractivity contribution is 6.18. The molecule has 4 nitrogen and oxygen atoms in total. The van der Waals surface area contributed by atoms with Gasteiger partial charge >= 0.3 is 0 Å². The van der Waals surface area contributed by atoms with Gasteiger partial charge in [0.25, 0.3) is 0 Å². The zero-order valence-corrected chi connectivity index (χ0v) is 17.4. The Labute approximate surface area is 186 Å². The maximum Gasteiger partial charge on any atom is 0.197 e. The van der Waals surface area contributed by atoms with Gasteiger partial charge in [-0.15, -0.1) is 0 Å². The van der Waals surface area contributed by atoms with Gasteiger partial charge in [-0.1, -0.05) is 78.4 Å². The van der Waals surface area contributed by atoms with E-state index in [1.165, 1.54) is 6.07 Å². The highest BCUT2D eigenvalue weighted by atomic mass is 16.3. The second kappa shape index (κ2) is 9.00. The summed E-state index contributed by atoms with van der Waals surface area (Å²) in [6.45, 7) is 1.96. The molecule has 1 heterocycles. The molecular weight excluding hydrogens is 396 g/mol. The number of nitrogens with zero attached hydrogens (tertiary/aromatic N) is 2. The number of nitriles is 2.